The Morgan fingerprint density at radius 1 is 1.21 bits per heavy atom. The highest BCUT2D eigenvalue weighted by Crippen LogP contribution is 2.25. The lowest BCUT2D eigenvalue weighted by atomic mass is 10.2. The third-order valence-electron chi connectivity index (χ3n) is 3.14. The van der Waals surface area contributed by atoms with Crippen molar-refractivity contribution in [1.29, 1.82) is 0 Å². The summed E-state index contributed by atoms with van der Waals surface area (Å²) in [7, 11) is -2.72. The molecule has 1 heterocycles. The summed E-state index contributed by atoms with van der Waals surface area (Å²) in [5, 5.41) is 3.19. The molecule has 0 saturated carbocycles. The number of nitrogens with one attached hydrogen (secondary N) is 1. The molecule has 0 radical (unpaired) electrons. The summed E-state index contributed by atoms with van der Waals surface area (Å²) in [6.45, 7) is -0.555. The van der Waals surface area contributed by atoms with E-state index < -0.39 is 27.7 Å². The molecule has 1 N–H and O–H groups in total. The predicted octanol–water partition coefficient (Wildman–Crippen LogP) is 0.720. The second-order valence-electron chi connectivity index (χ2n) is 5.03. The van der Waals surface area contributed by atoms with Gasteiger partial charge in [0.25, 0.3) is 0 Å². The van der Waals surface area contributed by atoms with Crippen LogP contribution in [0.3, 0.4) is 0 Å². The van der Waals surface area contributed by atoms with Crippen LogP contribution >= 0.6 is 0 Å². The number of sulfonamides is 1. The van der Waals surface area contributed by atoms with E-state index >= 15 is 0 Å². The molecule has 1 aromatic heterocycles. The van der Waals surface area contributed by atoms with Gasteiger partial charge in [-0.15, -0.1) is 5.10 Å². The first-order valence-corrected chi connectivity index (χ1v) is 8.48. The Kier molecular flexibility index (Phi) is 5.13. The van der Waals surface area contributed by atoms with Crippen LogP contribution in [0.25, 0.3) is 0 Å². The molecule has 0 atom stereocenters. The zero-order valence-electron chi connectivity index (χ0n) is 12.6. The fourth-order valence-electron chi connectivity index (χ4n) is 2.03. The Labute approximate surface area is 135 Å². The fraction of sp³-hybridized carbons (Fsp3) is 0.385. The van der Waals surface area contributed by atoms with Gasteiger partial charge in [0.15, 0.2) is 0 Å². The topological polar surface area (TPSA) is 86.0 Å². The molecule has 0 aliphatic heterocycles. The van der Waals surface area contributed by atoms with Crippen molar-refractivity contribution in [3.05, 3.63) is 52.2 Å². The average molecular weight is 364 g/mol. The van der Waals surface area contributed by atoms with Gasteiger partial charge < -0.3 is 0 Å². The molecule has 0 aliphatic carbocycles. The molecule has 1 aromatic carbocycles. The van der Waals surface area contributed by atoms with Crippen LogP contribution in [-0.4, -0.2) is 29.3 Å². The zero-order chi connectivity index (χ0) is 18.0. The van der Waals surface area contributed by atoms with Crippen molar-refractivity contribution in [2.24, 2.45) is 7.05 Å². The highest BCUT2D eigenvalue weighted by molar-refractivity contribution is 7.88. The van der Waals surface area contributed by atoms with Crippen molar-refractivity contribution in [2.75, 3.05) is 6.54 Å². The maximum atomic E-state index is 12.6. The van der Waals surface area contributed by atoms with Crippen molar-refractivity contribution >= 4 is 10.0 Å². The highest BCUT2D eigenvalue weighted by atomic mass is 32.2. The van der Waals surface area contributed by atoms with E-state index in [0.717, 1.165) is 7.05 Å². The monoisotopic (exact) mass is 364 g/mol. The first-order chi connectivity index (χ1) is 11.1. The molecule has 11 heteroatoms. The molecule has 24 heavy (non-hydrogen) atoms. The van der Waals surface area contributed by atoms with Gasteiger partial charge in [-0.1, -0.05) is 30.3 Å². The Balaban J connectivity index is 2.01. The summed E-state index contributed by atoms with van der Waals surface area (Å²) in [5.74, 6) is -1.60. The van der Waals surface area contributed by atoms with Gasteiger partial charge in [0, 0.05) is 13.6 Å². The van der Waals surface area contributed by atoms with Crippen molar-refractivity contribution in [3.8, 4) is 0 Å². The lowest BCUT2D eigenvalue weighted by Gasteiger charge is -2.06. The zero-order valence-corrected chi connectivity index (χ0v) is 13.4. The van der Waals surface area contributed by atoms with Crippen LogP contribution in [0, 0.1) is 0 Å². The molecule has 0 fully saturated rings. The number of alkyl halides is 3. The van der Waals surface area contributed by atoms with Gasteiger partial charge in [0.1, 0.15) is 0 Å². The van der Waals surface area contributed by atoms with Gasteiger partial charge in [-0.05, 0) is 5.56 Å². The third kappa shape index (κ3) is 4.45. The molecule has 2 rings (SSSR count). The van der Waals surface area contributed by atoms with Crippen LogP contribution in [0.2, 0.25) is 0 Å². The second-order valence-corrected chi connectivity index (χ2v) is 6.83. The Hall–Kier alpha value is -2.14. The van der Waals surface area contributed by atoms with E-state index in [1.54, 1.807) is 30.3 Å². The van der Waals surface area contributed by atoms with E-state index in [1.807, 2.05) is 0 Å². The quantitative estimate of drug-likeness (QED) is 0.818. The average Bonchev–Trinajstić information content (AvgIpc) is 2.76. The molecule has 7 nitrogen and oxygen atoms in total. The number of hydrogen-bond acceptors (Lipinski definition) is 4. The van der Waals surface area contributed by atoms with Crippen LogP contribution < -0.4 is 10.4 Å². The van der Waals surface area contributed by atoms with Gasteiger partial charge in [0.2, 0.25) is 15.8 Å². The lowest BCUT2D eigenvalue weighted by Crippen LogP contribution is -2.32. The van der Waals surface area contributed by atoms with Crippen molar-refractivity contribution < 1.29 is 21.6 Å². The number of hydrogen-bond donors (Lipinski definition) is 1. The smallest absolute Gasteiger partial charge is 0.274 e. The Morgan fingerprint density at radius 3 is 2.38 bits per heavy atom. The van der Waals surface area contributed by atoms with E-state index in [0.29, 0.717) is 14.8 Å². The van der Waals surface area contributed by atoms with Crippen molar-refractivity contribution in [2.45, 2.75) is 18.5 Å². The van der Waals surface area contributed by atoms with E-state index in [2.05, 4.69) is 9.82 Å². The molecular formula is C13H15F3N4O3S. The first kappa shape index (κ1) is 18.2. The summed E-state index contributed by atoms with van der Waals surface area (Å²) in [4.78, 5) is 11.7. The molecule has 2 aromatic rings. The molecule has 132 valence electrons. The predicted molar refractivity (Wildman–Crippen MR) is 79.5 cm³/mol. The molecule has 0 spiro atoms. The largest absolute Gasteiger partial charge is 0.451 e. The van der Waals surface area contributed by atoms with Crippen LogP contribution in [0.5, 0.6) is 0 Å². The van der Waals surface area contributed by atoms with Crippen LogP contribution in [-0.2, 0) is 35.5 Å². The van der Waals surface area contributed by atoms with E-state index in [-0.39, 0.29) is 18.8 Å². The third-order valence-corrected chi connectivity index (χ3v) is 4.50. The van der Waals surface area contributed by atoms with E-state index in [9.17, 15) is 26.4 Å². The van der Waals surface area contributed by atoms with Gasteiger partial charge in [0.05, 0.1) is 12.3 Å². The summed E-state index contributed by atoms with van der Waals surface area (Å²) in [5.41, 5.74) is -0.399. The van der Waals surface area contributed by atoms with Crippen LogP contribution in [0.1, 0.15) is 11.4 Å². The maximum absolute atomic E-state index is 12.6. The number of aromatic nitrogens is 3. The second kappa shape index (κ2) is 6.77. The number of halogens is 3. The maximum Gasteiger partial charge on any atom is 0.451 e. The fourth-order valence-corrected chi connectivity index (χ4v) is 3.17. The van der Waals surface area contributed by atoms with E-state index in [1.165, 1.54) is 0 Å². The lowest BCUT2D eigenvalue weighted by molar-refractivity contribution is -0.147. The summed E-state index contributed by atoms with van der Waals surface area (Å²) < 4.78 is 64.9. The van der Waals surface area contributed by atoms with Crippen molar-refractivity contribution in [3.63, 3.8) is 0 Å². The summed E-state index contributed by atoms with van der Waals surface area (Å²) >= 11 is 0. The van der Waals surface area contributed by atoms with Crippen LogP contribution in [0.15, 0.2) is 35.1 Å². The number of benzene rings is 1. The molecule has 0 unspecified atom stereocenters. The minimum absolute atomic E-state index is 0.247. The van der Waals surface area contributed by atoms with Gasteiger partial charge in [-0.3, -0.25) is 4.57 Å². The van der Waals surface area contributed by atoms with Gasteiger partial charge in [-0.25, -0.2) is 22.6 Å². The molecular weight excluding hydrogens is 349 g/mol. The van der Waals surface area contributed by atoms with Crippen LogP contribution in [0.4, 0.5) is 13.2 Å². The molecule has 0 bridgehead atoms. The number of nitrogens with zero attached hydrogens (tertiary/aromatic N) is 3. The number of rotatable bonds is 6. The summed E-state index contributed by atoms with van der Waals surface area (Å²) in [6, 6.07) is 8.40. The summed E-state index contributed by atoms with van der Waals surface area (Å²) in [6.07, 6.45) is -4.76. The Morgan fingerprint density at radius 2 is 1.83 bits per heavy atom. The molecule has 0 aliphatic rings. The van der Waals surface area contributed by atoms with Gasteiger partial charge in [-0.2, -0.15) is 13.2 Å². The highest BCUT2D eigenvalue weighted by Gasteiger charge is 2.37. The normalized spacial score (nSPS) is 12.5. The minimum Gasteiger partial charge on any atom is -0.274 e. The van der Waals surface area contributed by atoms with E-state index in [4.69, 9.17) is 0 Å². The minimum atomic E-state index is -4.76. The molecule has 0 amide bonds. The standard InChI is InChI=1S/C13H15F3N4O3S/c1-19-11(13(14,15)16)18-20(12(19)21)8-7-17-24(22,23)9-10-5-3-2-4-6-10/h2-6,17H,7-9H2,1H3. The Bertz CT molecular complexity index is 857. The van der Waals surface area contributed by atoms with Gasteiger partial charge >= 0.3 is 11.9 Å². The van der Waals surface area contributed by atoms with Crippen molar-refractivity contribution in [1.82, 2.24) is 19.1 Å². The molecule has 0 saturated heterocycles. The SMILES string of the molecule is Cn1c(C(F)(F)F)nn(CCNS(=O)(=O)Cc2ccccc2)c1=O. The first-order valence-electron chi connectivity index (χ1n) is 6.82.